The van der Waals surface area contributed by atoms with Crippen LogP contribution in [0.5, 0.6) is 0 Å². The van der Waals surface area contributed by atoms with Gasteiger partial charge in [-0.05, 0) is 19.4 Å². The fourth-order valence-electron chi connectivity index (χ4n) is 2.29. The summed E-state index contributed by atoms with van der Waals surface area (Å²) < 4.78 is 0. The SMILES string of the molecule is CC(C(=O)N1CCN[C@H](C)C1)c1ccccc1.Cl. The number of amides is 1. The quantitative estimate of drug-likeness (QED) is 0.890. The topological polar surface area (TPSA) is 32.3 Å². The van der Waals surface area contributed by atoms with Gasteiger partial charge in [0.2, 0.25) is 5.91 Å². The van der Waals surface area contributed by atoms with Crippen molar-refractivity contribution in [3.63, 3.8) is 0 Å². The minimum Gasteiger partial charge on any atom is -0.339 e. The number of hydrogen-bond acceptors (Lipinski definition) is 2. The Hall–Kier alpha value is -1.06. The van der Waals surface area contributed by atoms with Crippen LogP contribution in [0.1, 0.15) is 25.3 Å². The van der Waals surface area contributed by atoms with Crippen molar-refractivity contribution in [2.75, 3.05) is 19.6 Å². The lowest BCUT2D eigenvalue weighted by Crippen LogP contribution is -2.52. The highest BCUT2D eigenvalue weighted by atomic mass is 35.5. The number of benzene rings is 1. The molecule has 3 nitrogen and oxygen atoms in total. The Labute approximate surface area is 115 Å². The van der Waals surface area contributed by atoms with E-state index in [2.05, 4.69) is 12.2 Å². The van der Waals surface area contributed by atoms with Gasteiger partial charge in [0.1, 0.15) is 0 Å². The Balaban J connectivity index is 0.00000162. The van der Waals surface area contributed by atoms with Crippen molar-refractivity contribution in [3.8, 4) is 0 Å². The van der Waals surface area contributed by atoms with Crippen LogP contribution in [0, 0.1) is 0 Å². The molecule has 2 rings (SSSR count). The molecular weight excluding hydrogens is 248 g/mol. The first-order chi connectivity index (χ1) is 8.18. The van der Waals surface area contributed by atoms with Gasteiger partial charge in [0.25, 0.3) is 0 Å². The Bertz CT molecular complexity index is 383. The van der Waals surface area contributed by atoms with E-state index in [9.17, 15) is 4.79 Å². The molecule has 0 spiro atoms. The molecule has 0 saturated carbocycles. The maximum absolute atomic E-state index is 12.3. The number of carbonyl (C=O) groups is 1. The van der Waals surface area contributed by atoms with Crippen LogP contribution in [0.3, 0.4) is 0 Å². The van der Waals surface area contributed by atoms with Gasteiger partial charge < -0.3 is 10.2 Å². The minimum absolute atomic E-state index is 0. The van der Waals surface area contributed by atoms with Gasteiger partial charge in [-0.2, -0.15) is 0 Å². The zero-order valence-electron chi connectivity index (χ0n) is 10.9. The minimum atomic E-state index is -0.0403. The molecule has 0 radical (unpaired) electrons. The van der Waals surface area contributed by atoms with Gasteiger partial charge in [0.05, 0.1) is 5.92 Å². The molecule has 1 aromatic rings. The van der Waals surface area contributed by atoms with Crippen molar-refractivity contribution >= 4 is 18.3 Å². The van der Waals surface area contributed by atoms with Gasteiger partial charge in [-0.1, -0.05) is 30.3 Å². The van der Waals surface area contributed by atoms with Crippen LogP contribution in [-0.4, -0.2) is 36.5 Å². The molecule has 4 heteroatoms. The molecule has 18 heavy (non-hydrogen) atoms. The molecule has 2 atom stereocenters. The molecule has 0 bridgehead atoms. The Morgan fingerprint density at radius 2 is 2.06 bits per heavy atom. The second-order valence-corrected chi connectivity index (χ2v) is 4.77. The van der Waals surface area contributed by atoms with E-state index < -0.39 is 0 Å². The van der Waals surface area contributed by atoms with E-state index in [-0.39, 0.29) is 24.2 Å². The lowest BCUT2D eigenvalue weighted by atomic mass is 9.99. The summed E-state index contributed by atoms with van der Waals surface area (Å²) in [5.74, 6) is 0.200. The summed E-state index contributed by atoms with van der Waals surface area (Å²) in [6.45, 7) is 6.64. The molecule has 1 fully saturated rings. The highest BCUT2D eigenvalue weighted by Gasteiger charge is 2.25. The molecule has 1 aliphatic rings. The summed E-state index contributed by atoms with van der Waals surface area (Å²) in [6, 6.07) is 10.4. The van der Waals surface area contributed by atoms with Crippen LogP contribution in [0.25, 0.3) is 0 Å². The van der Waals surface area contributed by atoms with Crippen LogP contribution in [0.2, 0.25) is 0 Å². The van der Waals surface area contributed by atoms with Crippen molar-refractivity contribution in [2.24, 2.45) is 0 Å². The van der Waals surface area contributed by atoms with Crippen molar-refractivity contribution in [3.05, 3.63) is 35.9 Å². The van der Waals surface area contributed by atoms with E-state index in [4.69, 9.17) is 0 Å². The third-order valence-electron chi connectivity index (χ3n) is 3.35. The van der Waals surface area contributed by atoms with Gasteiger partial charge in [0.15, 0.2) is 0 Å². The summed E-state index contributed by atoms with van der Waals surface area (Å²) in [5, 5.41) is 3.35. The van der Waals surface area contributed by atoms with E-state index in [1.807, 2.05) is 42.2 Å². The fourth-order valence-corrected chi connectivity index (χ4v) is 2.29. The first-order valence-electron chi connectivity index (χ1n) is 6.25. The lowest BCUT2D eigenvalue weighted by molar-refractivity contribution is -0.133. The summed E-state index contributed by atoms with van der Waals surface area (Å²) >= 11 is 0. The van der Waals surface area contributed by atoms with Crippen molar-refractivity contribution < 1.29 is 4.79 Å². The largest absolute Gasteiger partial charge is 0.339 e. The van der Waals surface area contributed by atoms with Crippen LogP contribution in [0.4, 0.5) is 0 Å². The summed E-state index contributed by atoms with van der Waals surface area (Å²) in [4.78, 5) is 14.3. The zero-order valence-corrected chi connectivity index (χ0v) is 11.7. The number of carbonyl (C=O) groups excluding carboxylic acids is 1. The molecule has 0 aromatic heterocycles. The first kappa shape index (κ1) is 15.0. The van der Waals surface area contributed by atoms with Crippen LogP contribution >= 0.6 is 12.4 Å². The number of nitrogens with zero attached hydrogens (tertiary/aromatic N) is 1. The van der Waals surface area contributed by atoms with E-state index in [1.54, 1.807) is 0 Å². The van der Waals surface area contributed by atoms with Crippen molar-refractivity contribution in [2.45, 2.75) is 25.8 Å². The molecule has 1 heterocycles. The summed E-state index contributed by atoms with van der Waals surface area (Å²) in [5.41, 5.74) is 1.10. The fraction of sp³-hybridized carbons (Fsp3) is 0.500. The van der Waals surface area contributed by atoms with E-state index >= 15 is 0 Å². The van der Waals surface area contributed by atoms with E-state index in [1.165, 1.54) is 0 Å². The standard InChI is InChI=1S/C14H20N2O.ClH/c1-11-10-16(9-8-15-11)14(17)12(2)13-6-4-3-5-7-13;/h3-7,11-12,15H,8-10H2,1-2H3;1H/t11-,12?;/m1./s1. The number of halogens is 1. The zero-order chi connectivity index (χ0) is 12.3. The third-order valence-corrected chi connectivity index (χ3v) is 3.35. The van der Waals surface area contributed by atoms with Crippen LogP contribution in [-0.2, 0) is 4.79 Å². The number of nitrogens with one attached hydrogen (secondary N) is 1. The number of rotatable bonds is 2. The molecule has 1 amide bonds. The Morgan fingerprint density at radius 1 is 1.39 bits per heavy atom. The average Bonchev–Trinajstić information content (AvgIpc) is 2.38. The molecule has 1 unspecified atom stereocenters. The maximum atomic E-state index is 12.3. The molecular formula is C14H21ClN2O. The van der Waals surface area contributed by atoms with Gasteiger partial charge in [0, 0.05) is 25.7 Å². The van der Waals surface area contributed by atoms with E-state index in [0.717, 1.165) is 25.2 Å². The van der Waals surface area contributed by atoms with Gasteiger partial charge >= 0.3 is 0 Å². The van der Waals surface area contributed by atoms with Crippen molar-refractivity contribution in [1.29, 1.82) is 0 Å². The summed E-state index contributed by atoms with van der Waals surface area (Å²) in [7, 11) is 0. The Morgan fingerprint density at radius 3 is 2.67 bits per heavy atom. The molecule has 100 valence electrons. The number of hydrogen-bond donors (Lipinski definition) is 1. The Kier molecular flexibility index (Phi) is 5.63. The predicted molar refractivity (Wildman–Crippen MR) is 76.1 cm³/mol. The molecule has 1 N–H and O–H groups in total. The predicted octanol–water partition coefficient (Wildman–Crippen LogP) is 2.03. The normalized spacial score (nSPS) is 21.0. The highest BCUT2D eigenvalue weighted by Crippen LogP contribution is 2.18. The first-order valence-corrected chi connectivity index (χ1v) is 6.25. The lowest BCUT2D eigenvalue weighted by Gasteiger charge is -2.33. The monoisotopic (exact) mass is 268 g/mol. The molecule has 1 saturated heterocycles. The van der Waals surface area contributed by atoms with E-state index in [0.29, 0.717) is 6.04 Å². The second-order valence-electron chi connectivity index (χ2n) is 4.77. The van der Waals surface area contributed by atoms with Gasteiger partial charge in [-0.15, -0.1) is 12.4 Å². The molecule has 1 aromatic carbocycles. The second kappa shape index (κ2) is 6.76. The molecule has 0 aliphatic carbocycles. The highest BCUT2D eigenvalue weighted by molar-refractivity contribution is 5.85. The van der Waals surface area contributed by atoms with Gasteiger partial charge in [-0.25, -0.2) is 0 Å². The average molecular weight is 269 g/mol. The van der Waals surface area contributed by atoms with Crippen LogP contribution in [0.15, 0.2) is 30.3 Å². The smallest absolute Gasteiger partial charge is 0.229 e. The third kappa shape index (κ3) is 3.47. The summed E-state index contributed by atoms with van der Waals surface area (Å²) in [6.07, 6.45) is 0. The van der Waals surface area contributed by atoms with Crippen LogP contribution < -0.4 is 5.32 Å². The van der Waals surface area contributed by atoms with Gasteiger partial charge in [-0.3, -0.25) is 4.79 Å². The number of piperazine rings is 1. The van der Waals surface area contributed by atoms with Crippen molar-refractivity contribution in [1.82, 2.24) is 10.2 Å². The maximum Gasteiger partial charge on any atom is 0.229 e. The molecule has 1 aliphatic heterocycles.